The van der Waals surface area contributed by atoms with Gasteiger partial charge in [-0.25, -0.2) is 34.9 Å². The first-order valence-corrected chi connectivity index (χ1v) is 10.1. The summed E-state index contributed by atoms with van der Waals surface area (Å²) in [4.78, 5) is 35.5. The van der Waals surface area contributed by atoms with Crippen molar-refractivity contribution in [2.24, 2.45) is 7.05 Å². The number of aryl methyl sites for hydroxylation is 1. The number of nitrogens with zero attached hydrogens (tertiary/aromatic N) is 9. The van der Waals surface area contributed by atoms with Gasteiger partial charge in [-0.1, -0.05) is 12.1 Å². The number of pyridine rings is 1. The average molecular weight is 419 g/mol. The lowest BCUT2D eigenvalue weighted by Gasteiger charge is -2.10. The lowest BCUT2D eigenvalue weighted by molar-refractivity contribution is 0.906. The molecular weight excluding hydrogens is 402 g/mol. The van der Waals surface area contributed by atoms with E-state index in [1.54, 1.807) is 31.1 Å². The number of fused-ring (bicyclic) bond motifs is 3. The zero-order valence-corrected chi connectivity index (χ0v) is 17.2. The van der Waals surface area contributed by atoms with Crippen LogP contribution in [0.15, 0.2) is 61.7 Å². The Labute approximate surface area is 182 Å². The van der Waals surface area contributed by atoms with Crippen molar-refractivity contribution in [2.45, 2.75) is 12.8 Å². The molecule has 154 valence electrons. The van der Waals surface area contributed by atoms with E-state index in [-0.39, 0.29) is 0 Å². The molecule has 1 aromatic carbocycles. The van der Waals surface area contributed by atoms with Crippen LogP contribution >= 0.6 is 0 Å². The Kier molecular flexibility index (Phi) is 4.24. The molecule has 0 radical (unpaired) electrons. The number of hydrogen-bond acceptors (Lipinski definition) is 8. The largest absolute Gasteiger partial charge is 0.318 e. The lowest BCUT2D eigenvalue weighted by atomic mass is 9.98. The molecule has 0 spiro atoms. The van der Waals surface area contributed by atoms with Crippen LogP contribution in [0.3, 0.4) is 0 Å². The van der Waals surface area contributed by atoms with Crippen molar-refractivity contribution in [2.75, 3.05) is 0 Å². The Morgan fingerprint density at radius 2 is 1.78 bits per heavy atom. The molecule has 6 aromatic rings. The van der Waals surface area contributed by atoms with E-state index in [0.717, 1.165) is 44.7 Å². The molecule has 0 fully saturated rings. The number of imidazole rings is 1. The van der Waals surface area contributed by atoms with Gasteiger partial charge in [0.25, 0.3) is 0 Å². The summed E-state index contributed by atoms with van der Waals surface area (Å²) in [5.41, 5.74) is 6.85. The lowest BCUT2D eigenvalue weighted by Crippen LogP contribution is -2.02. The van der Waals surface area contributed by atoms with Crippen molar-refractivity contribution in [3.8, 4) is 0 Å². The molecule has 0 saturated heterocycles. The van der Waals surface area contributed by atoms with Gasteiger partial charge in [-0.2, -0.15) is 0 Å². The van der Waals surface area contributed by atoms with Crippen molar-refractivity contribution in [1.82, 2.24) is 44.4 Å². The fourth-order valence-electron chi connectivity index (χ4n) is 3.95. The van der Waals surface area contributed by atoms with E-state index < -0.39 is 0 Å². The third-order valence-electron chi connectivity index (χ3n) is 5.44. The van der Waals surface area contributed by atoms with Crippen LogP contribution < -0.4 is 0 Å². The van der Waals surface area contributed by atoms with Crippen LogP contribution in [0, 0.1) is 0 Å². The topological polar surface area (TPSA) is 108 Å². The van der Waals surface area contributed by atoms with E-state index in [1.807, 2.05) is 17.7 Å². The van der Waals surface area contributed by atoms with Crippen molar-refractivity contribution in [3.05, 3.63) is 84.4 Å². The Morgan fingerprint density at radius 1 is 0.844 bits per heavy atom. The first kappa shape index (κ1) is 18.4. The fourth-order valence-corrected chi connectivity index (χ4v) is 3.95. The summed E-state index contributed by atoms with van der Waals surface area (Å²) in [5.74, 6) is 0.737. The maximum atomic E-state index is 4.69. The van der Waals surface area contributed by atoms with Gasteiger partial charge < -0.3 is 4.57 Å². The molecular formula is C23H17N9. The normalized spacial score (nSPS) is 11.5. The van der Waals surface area contributed by atoms with E-state index in [4.69, 9.17) is 4.98 Å². The molecule has 6 rings (SSSR count). The first-order valence-electron chi connectivity index (χ1n) is 10.1. The molecule has 32 heavy (non-hydrogen) atoms. The molecule has 0 saturated carbocycles. The highest BCUT2D eigenvalue weighted by atomic mass is 15.1. The SMILES string of the molecule is Cn1cnc2cnc(Cc3cc(Cc4ncnc5nccnc45)c4cccnc4c3)nc21. The second-order valence-corrected chi connectivity index (χ2v) is 7.58. The summed E-state index contributed by atoms with van der Waals surface area (Å²) >= 11 is 0. The molecule has 0 atom stereocenters. The van der Waals surface area contributed by atoms with Crippen LogP contribution in [0.25, 0.3) is 33.2 Å². The zero-order valence-electron chi connectivity index (χ0n) is 17.2. The highest BCUT2D eigenvalue weighted by molar-refractivity contribution is 5.84. The van der Waals surface area contributed by atoms with Crippen LogP contribution in [-0.2, 0) is 19.9 Å². The molecule has 9 nitrogen and oxygen atoms in total. The summed E-state index contributed by atoms with van der Waals surface area (Å²) in [6.07, 6.45) is 11.3. The number of benzene rings is 1. The summed E-state index contributed by atoms with van der Waals surface area (Å²) in [7, 11) is 1.93. The second-order valence-electron chi connectivity index (χ2n) is 7.58. The Bertz CT molecular complexity index is 1600. The fraction of sp³-hybridized carbons (Fsp3) is 0.130. The van der Waals surface area contributed by atoms with Gasteiger partial charge in [0.2, 0.25) is 0 Å². The van der Waals surface area contributed by atoms with Crippen molar-refractivity contribution >= 4 is 33.2 Å². The summed E-state index contributed by atoms with van der Waals surface area (Å²) < 4.78 is 1.90. The molecule has 5 heterocycles. The first-order chi connectivity index (χ1) is 15.7. The van der Waals surface area contributed by atoms with Gasteiger partial charge in [-0.05, 0) is 23.3 Å². The van der Waals surface area contributed by atoms with Gasteiger partial charge in [0.15, 0.2) is 11.3 Å². The smallest absolute Gasteiger partial charge is 0.181 e. The second kappa shape index (κ2) is 7.38. The summed E-state index contributed by atoms with van der Waals surface area (Å²) in [6, 6.07) is 8.29. The number of rotatable bonds is 4. The zero-order chi connectivity index (χ0) is 21.5. The van der Waals surface area contributed by atoms with Crippen LogP contribution in [0.5, 0.6) is 0 Å². The summed E-state index contributed by atoms with van der Waals surface area (Å²) in [6.45, 7) is 0. The molecule has 5 aromatic heterocycles. The highest BCUT2D eigenvalue weighted by Crippen LogP contribution is 2.24. The third kappa shape index (κ3) is 3.20. The maximum absolute atomic E-state index is 4.69. The molecule has 0 aliphatic rings. The Morgan fingerprint density at radius 3 is 2.75 bits per heavy atom. The molecule has 0 amide bonds. The predicted molar refractivity (Wildman–Crippen MR) is 119 cm³/mol. The molecule has 9 heteroatoms. The van der Waals surface area contributed by atoms with E-state index in [9.17, 15) is 0 Å². The minimum Gasteiger partial charge on any atom is -0.318 e. The molecule has 0 unspecified atom stereocenters. The van der Waals surface area contributed by atoms with Crippen LogP contribution in [-0.4, -0.2) is 44.4 Å². The quantitative estimate of drug-likeness (QED) is 0.429. The van der Waals surface area contributed by atoms with Gasteiger partial charge in [-0.15, -0.1) is 0 Å². The summed E-state index contributed by atoms with van der Waals surface area (Å²) in [5, 5.41) is 1.08. The maximum Gasteiger partial charge on any atom is 0.181 e. The van der Waals surface area contributed by atoms with Crippen molar-refractivity contribution in [3.63, 3.8) is 0 Å². The minimum absolute atomic E-state index is 0.588. The van der Waals surface area contributed by atoms with Gasteiger partial charge in [-0.3, -0.25) is 4.98 Å². The van der Waals surface area contributed by atoms with Gasteiger partial charge in [0, 0.05) is 43.9 Å². The van der Waals surface area contributed by atoms with E-state index in [2.05, 4.69) is 53.1 Å². The molecule has 0 aliphatic carbocycles. The van der Waals surface area contributed by atoms with Crippen LogP contribution in [0.4, 0.5) is 0 Å². The van der Waals surface area contributed by atoms with Gasteiger partial charge in [0.05, 0.1) is 23.7 Å². The van der Waals surface area contributed by atoms with Crippen LogP contribution in [0.2, 0.25) is 0 Å². The number of hydrogen-bond donors (Lipinski definition) is 0. The van der Waals surface area contributed by atoms with Gasteiger partial charge >= 0.3 is 0 Å². The van der Waals surface area contributed by atoms with E-state index in [0.29, 0.717) is 24.0 Å². The van der Waals surface area contributed by atoms with Crippen LogP contribution in [0.1, 0.15) is 22.6 Å². The number of aromatic nitrogens is 9. The average Bonchev–Trinajstić information content (AvgIpc) is 3.19. The van der Waals surface area contributed by atoms with E-state index >= 15 is 0 Å². The Balaban J connectivity index is 1.44. The van der Waals surface area contributed by atoms with Gasteiger partial charge in [0.1, 0.15) is 23.2 Å². The Hall–Kier alpha value is -4.40. The standard InChI is InChI=1S/C23H17N9/c1-32-13-30-19-11-27-20(31-23(19)32)9-14-7-15(16-3-2-4-24-17(16)8-14)10-18-21-22(29-12-28-18)26-6-5-25-21/h2-8,11-13H,9-10H2,1H3. The van der Waals surface area contributed by atoms with Crippen molar-refractivity contribution < 1.29 is 0 Å². The third-order valence-corrected chi connectivity index (χ3v) is 5.44. The predicted octanol–water partition coefficient (Wildman–Crippen LogP) is 2.83. The molecule has 0 aliphatic heterocycles. The monoisotopic (exact) mass is 419 g/mol. The molecule has 0 bridgehead atoms. The van der Waals surface area contributed by atoms with Crippen molar-refractivity contribution in [1.29, 1.82) is 0 Å². The minimum atomic E-state index is 0.588. The van der Waals surface area contributed by atoms with E-state index in [1.165, 1.54) is 6.33 Å². The molecule has 0 N–H and O–H groups in total. The highest BCUT2D eigenvalue weighted by Gasteiger charge is 2.13.